The molecule has 1 amide bonds. The SMILES string of the molecule is O=C(CCC(=O)c1ccccc1Cl)NCCN1CCc2ccccc21. The molecule has 0 spiro atoms. The number of ketones is 1. The molecule has 0 unspecified atom stereocenters. The summed E-state index contributed by atoms with van der Waals surface area (Å²) in [5, 5.41) is 3.33. The van der Waals surface area contributed by atoms with Gasteiger partial charge in [0.15, 0.2) is 5.78 Å². The number of carbonyl (C=O) groups excluding carboxylic acids is 2. The minimum atomic E-state index is -0.104. The minimum Gasteiger partial charge on any atom is -0.369 e. The molecule has 25 heavy (non-hydrogen) atoms. The number of carbonyl (C=O) groups is 2. The Morgan fingerprint density at radius 3 is 2.64 bits per heavy atom. The van der Waals surface area contributed by atoms with E-state index in [0.29, 0.717) is 17.1 Å². The third kappa shape index (κ3) is 4.40. The van der Waals surface area contributed by atoms with Gasteiger partial charge in [0.05, 0.1) is 5.02 Å². The molecule has 1 N–H and O–H groups in total. The van der Waals surface area contributed by atoms with Crippen LogP contribution in [0.4, 0.5) is 5.69 Å². The van der Waals surface area contributed by atoms with Crippen LogP contribution < -0.4 is 10.2 Å². The molecule has 1 aliphatic heterocycles. The number of nitrogens with zero attached hydrogens (tertiary/aromatic N) is 1. The van der Waals surface area contributed by atoms with E-state index in [9.17, 15) is 9.59 Å². The Balaban J connectivity index is 1.40. The Morgan fingerprint density at radius 1 is 1.04 bits per heavy atom. The lowest BCUT2D eigenvalue weighted by Gasteiger charge is -2.19. The summed E-state index contributed by atoms with van der Waals surface area (Å²) < 4.78 is 0. The zero-order valence-corrected chi connectivity index (χ0v) is 14.8. The molecule has 0 atom stereocenters. The lowest BCUT2D eigenvalue weighted by Crippen LogP contribution is -2.34. The van der Waals surface area contributed by atoms with Gasteiger partial charge < -0.3 is 10.2 Å². The van der Waals surface area contributed by atoms with E-state index in [1.165, 1.54) is 11.3 Å². The number of fused-ring (bicyclic) bond motifs is 1. The lowest BCUT2D eigenvalue weighted by atomic mass is 10.1. The number of amides is 1. The Morgan fingerprint density at radius 2 is 1.80 bits per heavy atom. The van der Waals surface area contributed by atoms with Gasteiger partial charge >= 0.3 is 0 Å². The Kier molecular flexibility index (Phi) is 5.71. The molecule has 0 saturated carbocycles. The molecule has 5 heteroatoms. The maximum Gasteiger partial charge on any atom is 0.220 e. The van der Waals surface area contributed by atoms with Gasteiger partial charge in [0.1, 0.15) is 0 Å². The molecule has 2 aromatic carbocycles. The van der Waals surface area contributed by atoms with Gasteiger partial charge in [0.2, 0.25) is 5.91 Å². The molecule has 1 aliphatic rings. The van der Waals surface area contributed by atoms with E-state index in [2.05, 4.69) is 28.4 Å². The maximum absolute atomic E-state index is 12.1. The number of nitrogens with one attached hydrogen (secondary N) is 1. The van der Waals surface area contributed by atoms with Gasteiger partial charge in [-0.05, 0) is 30.2 Å². The molecule has 4 nitrogen and oxygen atoms in total. The van der Waals surface area contributed by atoms with Crippen LogP contribution in [0, 0.1) is 0 Å². The monoisotopic (exact) mass is 356 g/mol. The molecule has 0 fully saturated rings. The molecule has 130 valence electrons. The molecule has 0 saturated heterocycles. The Labute approximate surface area is 152 Å². The van der Waals surface area contributed by atoms with E-state index in [4.69, 9.17) is 11.6 Å². The third-order valence-corrected chi connectivity index (χ3v) is 4.77. The van der Waals surface area contributed by atoms with Gasteiger partial charge in [-0.2, -0.15) is 0 Å². The van der Waals surface area contributed by atoms with Crippen LogP contribution in [0.3, 0.4) is 0 Å². The highest BCUT2D eigenvalue weighted by Crippen LogP contribution is 2.26. The average molecular weight is 357 g/mol. The zero-order chi connectivity index (χ0) is 17.6. The van der Waals surface area contributed by atoms with Crippen molar-refractivity contribution in [3.05, 3.63) is 64.7 Å². The van der Waals surface area contributed by atoms with Gasteiger partial charge in [-0.25, -0.2) is 0 Å². The normalized spacial score (nSPS) is 12.8. The number of anilines is 1. The first-order valence-corrected chi connectivity index (χ1v) is 8.90. The molecule has 0 radical (unpaired) electrons. The van der Waals surface area contributed by atoms with E-state index < -0.39 is 0 Å². The van der Waals surface area contributed by atoms with Gasteiger partial charge in [0.25, 0.3) is 0 Å². The molecule has 1 heterocycles. The van der Waals surface area contributed by atoms with E-state index in [1.54, 1.807) is 24.3 Å². The predicted octanol–water partition coefficient (Wildman–Crippen LogP) is 3.48. The average Bonchev–Trinajstić information content (AvgIpc) is 3.03. The van der Waals surface area contributed by atoms with Gasteiger partial charge in [-0.15, -0.1) is 0 Å². The van der Waals surface area contributed by atoms with Crippen molar-refractivity contribution in [2.75, 3.05) is 24.5 Å². The van der Waals surface area contributed by atoms with Crippen molar-refractivity contribution >= 4 is 29.0 Å². The largest absolute Gasteiger partial charge is 0.369 e. The van der Waals surface area contributed by atoms with Gasteiger partial charge in [-0.3, -0.25) is 9.59 Å². The van der Waals surface area contributed by atoms with Crippen LogP contribution in [0.15, 0.2) is 48.5 Å². The molecule has 0 aliphatic carbocycles. The summed E-state index contributed by atoms with van der Waals surface area (Å²) in [6, 6.07) is 15.3. The van der Waals surface area contributed by atoms with E-state index in [-0.39, 0.29) is 24.5 Å². The number of Topliss-reactive ketones (excluding diaryl/α,β-unsaturated/α-hetero) is 1. The van der Waals surface area contributed by atoms with E-state index in [1.807, 2.05) is 6.07 Å². The molecule has 2 aromatic rings. The first-order valence-electron chi connectivity index (χ1n) is 8.52. The standard InChI is InChI=1S/C20H21ClN2O2/c21-17-7-3-2-6-16(17)19(24)9-10-20(25)22-12-14-23-13-11-15-5-1-4-8-18(15)23/h1-8H,9-14H2,(H,22,25). The molecule has 0 aromatic heterocycles. The number of rotatable bonds is 7. The summed E-state index contributed by atoms with van der Waals surface area (Å²) in [6.07, 6.45) is 1.40. The number of halogens is 1. The van der Waals surface area contributed by atoms with Crippen LogP contribution in [0.25, 0.3) is 0 Å². The smallest absolute Gasteiger partial charge is 0.220 e. The molecular formula is C20H21ClN2O2. The summed E-state index contributed by atoms with van der Waals surface area (Å²) in [5.74, 6) is -0.206. The number of hydrogen-bond donors (Lipinski definition) is 1. The van der Waals surface area contributed by atoms with Crippen molar-refractivity contribution in [3.63, 3.8) is 0 Å². The predicted molar refractivity (Wildman–Crippen MR) is 100 cm³/mol. The fourth-order valence-corrected chi connectivity index (χ4v) is 3.35. The molecule has 0 bridgehead atoms. The van der Waals surface area contributed by atoms with Crippen LogP contribution in [0.5, 0.6) is 0 Å². The lowest BCUT2D eigenvalue weighted by molar-refractivity contribution is -0.121. The number of hydrogen-bond acceptors (Lipinski definition) is 3. The summed E-state index contributed by atoms with van der Waals surface area (Å²) in [7, 11) is 0. The topological polar surface area (TPSA) is 49.4 Å². The van der Waals surface area contributed by atoms with E-state index >= 15 is 0 Å². The summed E-state index contributed by atoms with van der Waals surface area (Å²) in [5.41, 5.74) is 3.09. The summed E-state index contributed by atoms with van der Waals surface area (Å²) >= 11 is 6.01. The summed E-state index contributed by atoms with van der Waals surface area (Å²) in [4.78, 5) is 26.4. The zero-order valence-electron chi connectivity index (χ0n) is 14.0. The van der Waals surface area contributed by atoms with Crippen molar-refractivity contribution in [2.24, 2.45) is 0 Å². The van der Waals surface area contributed by atoms with Crippen molar-refractivity contribution < 1.29 is 9.59 Å². The van der Waals surface area contributed by atoms with Gasteiger partial charge in [0, 0.05) is 43.7 Å². The van der Waals surface area contributed by atoms with Crippen molar-refractivity contribution in [2.45, 2.75) is 19.3 Å². The second-order valence-electron chi connectivity index (χ2n) is 6.12. The second kappa shape index (κ2) is 8.17. The Hall–Kier alpha value is -2.33. The second-order valence-corrected chi connectivity index (χ2v) is 6.53. The highest BCUT2D eigenvalue weighted by atomic mass is 35.5. The van der Waals surface area contributed by atoms with Crippen LogP contribution in [0.2, 0.25) is 5.02 Å². The van der Waals surface area contributed by atoms with Gasteiger partial charge in [-0.1, -0.05) is 41.9 Å². The van der Waals surface area contributed by atoms with Crippen LogP contribution in [0.1, 0.15) is 28.8 Å². The quantitative estimate of drug-likeness (QED) is 0.773. The van der Waals surface area contributed by atoms with Crippen LogP contribution >= 0.6 is 11.6 Å². The van der Waals surface area contributed by atoms with Crippen molar-refractivity contribution in [1.82, 2.24) is 5.32 Å². The fourth-order valence-electron chi connectivity index (χ4n) is 3.11. The minimum absolute atomic E-state index is 0.103. The highest BCUT2D eigenvalue weighted by molar-refractivity contribution is 6.34. The van der Waals surface area contributed by atoms with Crippen molar-refractivity contribution in [1.29, 1.82) is 0 Å². The molecule has 3 rings (SSSR count). The Bertz CT molecular complexity index is 776. The fraction of sp³-hybridized carbons (Fsp3) is 0.300. The van der Waals surface area contributed by atoms with Crippen LogP contribution in [-0.2, 0) is 11.2 Å². The van der Waals surface area contributed by atoms with Crippen LogP contribution in [-0.4, -0.2) is 31.3 Å². The number of para-hydroxylation sites is 1. The maximum atomic E-state index is 12.1. The first-order chi connectivity index (χ1) is 12.1. The third-order valence-electron chi connectivity index (χ3n) is 4.44. The summed E-state index contributed by atoms with van der Waals surface area (Å²) in [6.45, 7) is 2.34. The van der Waals surface area contributed by atoms with E-state index in [0.717, 1.165) is 19.5 Å². The first kappa shape index (κ1) is 17.5. The van der Waals surface area contributed by atoms with Crippen molar-refractivity contribution in [3.8, 4) is 0 Å². The molecular weight excluding hydrogens is 336 g/mol. The number of benzene rings is 2. The highest BCUT2D eigenvalue weighted by Gasteiger charge is 2.18.